The topological polar surface area (TPSA) is 110 Å². The molecule has 0 amide bonds. The van der Waals surface area contributed by atoms with E-state index >= 15 is 0 Å². The smallest absolute Gasteiger partial charge is 0.184 e. The van der Waals surface area contributed by atoms with Gasteiger partial charge in [0.2, 0.25) is 0 Å². The Kier molecular flexibility index (Phi) is 2.99. The minimum Gasteiger partial charge on any atom is -0.394 e. The fourth-order valence-electron chi connectivity index (χ4n) is 1.08. The number of hydrogen-bond donors (Lipinski definition) is 5. The van der Waals surface area contributed by atoms with Crippen molar-refractivity contribution in [2.45, 2.75) is 30.7 Å². The summed E-state index contributed by atoms with van der Waals surface area (Å²) in [7, 11) is 0. The molecule has 1 fully saturated rings. The van der Waals surface area contributed by atoms with Crippen LogP contribution in [0.5, 0.6) is 0 Å². The van der Waals surface area contributed by atoms with Crippen molar-refractivity contribution in [3.63, 3.8) is 0 Å². The van der Waals surface area contributed by atoms with Gasteiger partial charge < -0.3 is 30.3 Å². The lowest BCUT2D eigenvalue weighted by atomic mass is 10.1. The van der Waals surface area contributed by atoms with Crippen LogP contribution in [0.25, 0.3) is 0 Å². The molecule has 1 aliphatic heterocycles. The highest BCUT2D eigenvalue weighted by Gasteiger charge is 2.42. The molecule has 12 heavy (non-hydrogen) atoms. The monoisotopic (exact) mass is 182 g/mol. The zero-order valence-corrected chi connectivity index (χ0v) is 6.24. The van der Waals surface area contributed by atoms with Crippen molar-refractivity contribution in [1.29, 1.82) is 0 Å². The van der Waals surface area contributed by atoms with Gasteiger partial charge in [-0.2, -0.15) is 0 Å². The molecule has 1 heterocycles. The molecule has 0 aromatic heterocycles. The second kappa shape index (κ2) is 3.65. The van der Waals surface area contributed by atoms with Gasteiger partial charge in [0, 0.05) is 0 Å². The molecular weight excluding hydrogens is 170 g/mol. The molecule has 72 valence electrons. The van der Waals surface area contributed by atoms with Crippen molar-refractivity contribution in [2.75, 3.05) is 6.61 Å². The predicted molar refractivity (Wildman–Crippen MR) is 36.0 cm³/mol. The second-order valence-electron chi connectivity index (χ2n) is 2.72. The number of hydrogen-bond acceptors (Lipinski definition) is 6. The third-order valence-electron chi connectivity index (χ3n) is 1.87. The molecule has 0 spiro atoms. The maximum Gasteiger partial charge on any atom is 0.184 e. The minimum atomic E-state index is -1.57. The van der Waals surface area contributed by atoms with Crippen LogP contribution in [0.4, 0.5) is 0 Å². The van der Waals surface area contributed by atoms with Crippen LogP contribution < -0.4 is 0 Å². The van der Waals surface area contributed by atoms with Crippen molar-refractivity contribution >= 4 is 0 Å². The summed E-state index contributed by atoms with van der Waals surface area (Å²) in [5, 5.41) is 44.7. The fourth-order valence-corrected chi connectivity index (χ4v) is 1.08. The van der Waals surface area contributed by atoms with Gasteiger partial charge in [-0.3, -0.25) is 0 Å². The SMILES string of the molecule is OC[C@H]1O[13CH](O)[13C@H](O)[C@@H](O)[C@@H]1O. The van der Waals surface area contributed by atoms with Crippen LogP contribution in [0.1, 0.15) is 0 Å². The van der Waals surface area contributed by atoms with E-state index in [1.807, 2.05) is 0 Å². The Morgan fingerprint density at radius 1 is 0.917 bits per heavy atom. The first kappa shape index (κ1) is 9.85. The Morgan fingerprint density at radius 3 is 2.00 bits per heavy atom. The Hall–Kier alpha value is -0.240. The second-order valence-corrected chi connectivity index (χ2v) is 2.72. The zero-order valence-electron chi connectivity index (χ0n) is 6.24. The van der Waals surface area contributed by atoms with Gasteiger partial charge in [-0.1, -0.05) is 0 Å². The van der Waals surface area contributed by atoms with Crippen molar-refractivity contribution in [3.8, 4) is 0 Å². The van der Waals surface area contributed by atoms with Crippen molar-refractivity contribution in [1.82, 2.24) is 0 Å². The minimum absolute atomic E-state index is 0.526. The third-order valence-corrected chi connectivity index (χ3v) is 1.87. The van der Waals surface area contributed by atoms with Crippen molar-refractivity contribution < 1.29 is 30.3 Å². The van der Waals surface area contributed by atoms with E-state index in [9.17, 15) is 0 Å². The summed E-state index contributed by atoms with van der Waals surface area (Å²) < 4.78 is 4.58. The molecule has 6 nitrogen and oxygen atoms in total. The molecule has 1 unspecified atom stereocenters. The van der Waals surface area contributed by atoms with Gasteiger partial charge in [0.1, 0.15) is 24.4 Å². The highest BCUT2D eigenvalue weighted by Crippen LogP contribution is 2.18. The van der Waals surface area contributed by atoms with E-state index < -0.39 is 37.3 Å². The average molecular weight is 182 g/mol. The molecule has 0 aromatic carbocycles. The molecule has 0 saturated carbocycles. The first-order chi connectivity index (χ1) is 5.57. The molecule has 5 atom stereocenters. The molecule has 0 aliphatic carbocycles. The Morgan fingerprint density at radius 2 is 1.50 bits per heavy atom. The Labute approximate surface area is 68.6 Å². The molecule has 0 aromatic rings. The van der Waals surface area contributed by atoms with Crippen LogP contribution in [0.3, 0.4) is 0 Å². The van der Waals surface area contributed by atoms with E-state index in [0.717, 1.165) is 0 Å². The molecule has 6 heteroatoms. The van der Waals surface area contributed by atoms with Gasteiger partial charge >= 0.3 is 0 Å². The normalized spacial score (nSPS) is 49.2. The van der Waals surface area contributed by atoms with E-state index in [0.29, 0.717) is 0 Å². The number of aliphatic hydroxyl groups is 5. The molecule has 0 radical (unpaired) electrons. The van der Waals surface area contributed by atoms with Crippen LogP contribution in [0.2, 0.25) is 0 Å². The molecule has 1 saturated heterocycles. The van der Waals surface area contributed by atoms with E-state index in [1.54, 1.807) is 0 Å². The summed E-state index contributed by atoms with van der Waals surface area (Å²) in [6.07, 6.45) is -7.04. The maximum atomic E-state index is 9.12. The maximum absolute atomic E-state index is 9.12. The van der Waals surface area contributed by atoms with Crippen LogP contribution >= 0.6 is 0 Å². The molecular formula is C6H12O6. The van der Waals surface area contributed by atoms with Crippen molar-refractivity contribution in [3.05, 3.63) is 0 Å². The average Bonchev–Trinajstić information content (AvgIpc) is 2.08. The van der Waals surface area contributed by atoms with Crippen LogP contribution in [-0.2, 0) is 4.74 Å². The lowest BCUT2D eigenvalue weighted by molar-refractivity contribution is -0.286. The standard InChI is InChI=1S/C6H12O6/c7-1-2-3(8)4(9)5(10)6(11)12-2/h2-11H,1H2/t2-,3-,4+,5-,6?/m1/s1/i5+1,6+1. The van der Waals surface area contributed by atoms with Gasteiger partial charge in [-0.15, -0.1) is 0 Å². The van der Waals surface area contributed by atoms with Gasteiger partial charge in [0.05, 0.1) is 6.61 Å². The fraction of sp³-hybridized carbons (Fsp3) is 1.00. The highest BCUT2D eigenvalue weighted by molar-refractivity contribution is 4.87. The van der Waals surface area contributed by atoms with E-state index in [4.69, 9.17) is 25.5 Å². The lowest BCUT2D eigenvalue weighted by Crippen LogP contribution is -2.58. The van der Waals surface area contributed by atoms with Crippen LogP contribution in [0.15, 0.2) is 0 Å². The summed E-state index contributed by atoms with van der Waals surface area (Å²) in [5.74, 6) is 0. The van der Waals surface area contributed by atoms with Crippen LogP contribution in [0, 0.1) is 0 Å². The van der Waals surface area contributed by atoms with Crippen LogP contribution in [-0.4, -0.2) is 62.8 Å². The largest absolute Gasteiger partial charge is 0.394 e. The summed E-state index contributed by atoms with van der Waals surface area (Å²) >= 11 is 0. The third kappa shape index (κ3) is 1.58. The van der Waals surface area contributed by atoms with Gasteiger partial charge in [-0.05, 0) is 0 Å². The lowest BCUT2D eigenvalue weighted by Gasteiger charge is -2.37. The summed E-state index contributed by atoms with van der Waals surface area (Å²) in [6, 6.07) is 0. The molecule has 5 N–H and O–H groups in total. The van der Waals surface area contributed by atoms with E-state index in [1.165, 1.54) is 0 Å². The van der Waals surface area contributed by atoms with E-state index in [2.05, 4.69) is 4.74 Å². The molecule has 0 bridgehead atoms. The quantitative estimate of drug-likeness (QED) is 0.273. The first-order valence-corrected chi connectivity index (χ1v) is 3.56. The molecule has 1 aliphatic rings. The van der Waals surface area contributed by atoms with E-state index in [-0.39, 0.29) is 0 Å². The number of ether oxygens (including phenoxy) is 1. The first-order valence-electron chi connectivity index (χ1n) is 3.56. The Bertz CT molecular complexity index is 146. The summed E-state index contributed by atoms with van der Waals surface area (Å²) in [6.45, 7) is -0.526. The summed E-state index contributed by atoms with van der Waals surface area (Å²) in [4.78, 5) is 0. The Balaban J connectivity index is 2.63. The van der Waals surface area contributed by atoms with Gasteiger partial charge in [0.15, 0.2) is 6.29 Å². The predicted octanol–water partition coefficient (Wildman–Crippen LogP) is -3.22. The molecule has 1 rings (SSSR count). The summed E-state index contributed by atoms with van der Waals surface area (Å²) in [5.41, 5.74) is 0. The number of rotatable bonds is 1. The highest BCUT2D eigenvalue weighted by atomic mass is 16.8. The van der Waals surface area contributed by atoms with Crippen molar-refractivity contribution in [2.24, 2.45) is 0 Å². The van der Waals surface area contributed by atoms with Gasteiger partial charge in [0.25, 0.3) is 0 Å². The number of aliphatic hydroxyl groups excluding tert-OH is 5. The zero-order chi connectivity index (χ0) is 9.30. The van der Waals surface area contributed by atoms with Gasteiger partial charge in [-0.25, -0.2) is 0 Å².